The predicted molar refractivity (Wildman–Crippen MR) is 80.8 cm³/mol. The first-order valence-corrected chi connectivity index (χ1v) is 8.54. The molecule has 2 amide bonds. The van der Waals surface area contributed by atoms with E-state index in [2.05, 4.69) is 5.32 Å². The van der Waals surface area contributed by atoms with Gasteiger partial charge in [-0.15, -0.1) is 0 Å². The average Bonchev–Trinajstić information content (AvgIpc) is 3.18. The van der Waals surface area contributed by atoms with Crippen molar-refractivity contribution in [3.8, 4) is 0 Å². The number of piperazine rings is 1. The van der Waals surface area contributed by atoms with E-state index in [0.29, 0.717) is 12.3 Å². The fraction of sp³-hybridized carbons (Fsp3) is 0.875. The number of likely N-dealkylation sites (tertiary alicyclic amines) is 1. The van der Waals surface area contributed by atoms with Crippen molar-refractivity contribution in [1.29, 1.82) is 0 Å². The maximum atomic E-state index is 12.7. The van der Waals surface area contributed by atoms with Gasteiger partial charge in [-0.05, 0) is 31.6 Å². The number of rotatable bonds is 3. The van der Waals surface area contributed by atoms with Gasteiger partial charge < -0.3 is 15.1 Å². The van der Waals surface area contributed by atoms with Gasteiger partial charge in [0.25, 0.3) is 0 Å². The van der Waals surface area contributed by atoms with Crippen LogP contribution in [0.2, 0.25) is 0 Å². The average molecular weight is 293 g/mol. The molecular formula is C16H27N3O2. The summed E-state index contributed by atoms with van der Waals surface area (Å²) in [5, 5.41) is 3.27. The summed E-state index contributed by atoms with van der Waals surface area (Å²) in [7, 11) is 0. The molecule has 3 fully saturated rings. The van der Waals surface area contributed by atoms with E-state index in [1.165, 1.54) is 25.7 Å². The molecule has 1 atom stereocenters. The van der Waals surface area contributed by atoms with E-state index in [9.17, 15) is 9.59 Å². The Balaban J connectivity index is 1.58. The van der Waals surface area contributed by atoms with Gasteiger partial charge in [-0.25, -0.2) is 0 Å². The third-order valence-corrected chi connectivity index (χ3v) is 5.22. The highest BCUT2D eigenvalue weighted by atomic mass is 16.2. The Labute approximate surface area is 127 Å². The summed E-state index contributed by atoms with van der Waals surface area (Å²) >= 11 is 0. The summed E-state index contributed by atoms with van der Waals surface area (Å²) in [6.07, 6.45) is 7.39. The van der Waals surface area contributed by atoms with Crippen LogP contribution in [0, 0.1) is 5.92 Å². The zero-order valence-electron chi connectivity index (χ0n) is 12.9. The quantitative estimate of drug-likeness (QED) is 0.844. The summed E-state index contributed by atoms with van der Waals surface area (Å²) in [6, 6.07) is -0.183. The van der Waals surface area contributed by atoms with Crippen molar-refractivity contribution in [3.05, 3.63) is 0 Å². The van der Waals surface area contributed by atoms with Crippen molar-refractivity contribution in [3.63, 3.8) is 0 Å². The number of amides is 2. The molecule has 0 aromatic carbocycles. The van der Waals surface area contributed by atoms with Gasteiger partial charge >= 0.3 is 0 Å². The normalized spacial score (nSPS) is 27.3. The van der Waals surface area contributed by atoms with Crippen molar-refractivity contribution in [2.75, 3.05) is 32.7 Å². The molecule has 0 spiro atoms. The SMILES string of the molecule is O=C(C1CCCN1C(=O)CC1CCCC1)N1CCNCC1. The molecule has 3 rings (SSSR count). The maximum Gasteiger partial charge on any atom is 0.245 e. The summed E-state index contributed by atoms with van der Waals surface area (Å²) in [5.41, 5.74) is 0. The molecule has 0 aromatic rings. The van der Waals surface area contributed by atoms with Crippen LogP contribution in [-0.2, 0) is 9.59 Å². The molecule has 118 valence electrons. The van der Waals surface area contributed by atoms with Crippen molar-refractivity contribution in [2.24, 2.45) is 5.92 Å². The molecular weight excluding hydrogens is 266 g/mol. The van der Waals surface area contributed by atoms with Crippen LogP contribution >= 0.6 is 0 Å². The lowest BCUT2D eigenvalue weighted by Gasteiger charge is -2.33. The minimum atomic E-state index is -0.183. The molecule has 3 aliphatic rings. The Morgan fingerprint density at radius 2 is 1.67 bits per heavy atom. The molecule has 0 aromatic heterocycles. The van der Waals surface area contributed by atoms with Crippen LogP contribution in [0.4, 0.5) is 0 Å². The fourth-order valence-corrected chi connectivity index (χ4v) is 4.00. The summed E-state index contributed by atoms with van der Waals surface area (Å²) in [5.74, 6) is 0.953. The molecule has 5 nitrogen and oxygen atoms in total. The lowest BCUT2D eigenvalue weighted by Crippen LogP contribution is -2.53. The third-order valence-electron chi connectivity index (χ3n) is 5.22. The topological polar surface area (TPSA) is 52.7 Å². The molecule has 0 radical (unpaired) electrons. The zero-order chi connectivity index (χ0) is 14.7. The Morgan fingerprint density at radius 3 is 2.38 bits per heavy atom. The van der Waals surface area contributed by atoms with Gasteiger partial charge in [-0.2, -0.15) is 0 Å². The molecule has 1 N–H and O–H groups in total. The van der Waals surface area contributed by atoms with E-state index < -0.39 is 0 Å². The van der Waals surface area contributed by atoms with Crippen molar-refractivity contribution in [1.82, 2.24) is 15.1 Å². The summed E-state index contributed by atoms with van der Waals surface area (Å²) in [4.78, 5) is 29.0. The Morgan fingerprint density at radius 1 is 0.952 bits per heavy atom. The van der Waals surface area contributed by atoms with Crippen LogP contribution in [-0.4, -0.2) is 60.4 Å². The van der Waals surface area contributed by atoms with Gasteiger partial charge in [0, 0.05) is 39.1 Å². The third kappa shape index (κ3) is 3.39. The summed E-state index contributed by atoms with van der Waals surface area (Å²) < 4.78 is 0. The molecule has 5 heteroatoms. The molecule has 1 saturated carbocycles. The Hall–Kier alpha value is -1.10. The molecule has 2 saturated heterocycles. The lowest BCUT2D eigenvalue weighted by molar-refractivity contribution is -0.144. The van der Waals surface area contributed by atoms with E-state index in [-0.39, 0.29) is 17.9 Å². The number of nitrogens with zero attached hydrogens (tertiary/aromatic N) is 2. The monoisotopic (exact) mass is 293 g/mol. The number of carbonyl (C=O) groups excluding carboxylic acids is 2. The zero-order valence-corrected chi connectivity index (χ0v) is 12.9. The van der Waals surface area contributed by atoms with Gasteiger partial charge in [-0.1, -0.05) is 12.8 Å². The Bertz CT molecular complexity index is 387. The van der Waals surface area contributed by atoms with Crippen LogP contribution < -0.4 is 5.32 Å². The van der Waals surface area contributed by atoms with Gasteiger partial charge in [0.15, 0.2) is 0 Å². The van der Waals surface area contributed by atoms with Gasteiger partial charge in [0.1, 0.15) is 6.04 Å². The number of hydrogen-bond donors (Lipinski definition) is 1. The fourth-order valence-electron chi connectivity index (χ4n) is 4.00. The largest absolute Gasteiger partial charge is 0.338 e. The second-order valence-corrected chi connectivity index (χ2v) is 6.68. The lowest BCUT2D eigenvalue weighted by atomic mass is 10.0. The molecule has 1 unspecified atom stereocenters. The molecule has 0 bridgehead atoms. The minimum Gasteiger partial charge on any atom is -0.338 e. The van der Waals surface area contributed by atoms with E-state index in [1.807, 2.05) is 9.80 Å². The molecule has 2 aliphatic heterocycles. The number of nitrogens with one attached hydrogen (secondary N) is 1. The second-order valence-electron chi connectivity index (χ2n) is 6.68. The highest BCUT2D eigenvalue weighted by Crippen LogP contribution is 2.30. The highest BCUT2D eigenvalue weighted by molar-refractivity contribution is 5.88. The smallest absolute Gasteiger partial charge is 0.245 e. The van der Waals surface area contributed by atoms with Crippen LogP contribution in [0.15, 0.2) is 0 Å². The maximum absolute atomic E-state index is 12.7. The van der Waals surface area contributed by atoms with E-state index in [0.717, 1.165) is 45.6 Å². The molecule has 1 aliphatic carbocycles. The van der Waals surface area contributed by atoms with Gasteiger partial charge in [0.05, 0.1) is 0 Å². The van der Waals surface area contributed by atoms with Crippen molar-refractivity contribution in [2.45, 2.75) is 51.0 Å². The van der Waals surface area contributed by atoms with E-state index in [1.54, 1.807) is 0 Å². The van der Waals surface area contributed by atoms with Gasteiger partial charge in [-0.3, -0.25) is 9.59 Å². The standard InChI is InChI=1S/C16H27N3O2/c20-15(12-13-4-1-2-5-13)19-9-3-6-14(19)16(21)18-10-7-17-8-11-18/h13-14,17H,1-12H2. The first-order valence-electron chi connectivity index (χ1n) is 8.54. The van der Waals surface area contributed by atoms with Crippen LogP contribution in [0.25, 0.3) is 0 Å². The van der Waals surface area contributed by atoms with Crippen LogP contribution in [0.5, 0.6) is 0 Å². The van der Waals surface area contributed by atoms with Crippen LogP contribution in [0.3, 0.4) is 0 Å². The van der Waals surface area contributed by atoms with Gasteiger partial charge in [0.2, 0.25) is 11.8 Å². The minimum absolute atomic E-state index is 0.175. The number of hydrogen-bond acceptors (Lipinski definition) is 3. The first kappa shape index (κ1) is 14.8. The Kier molecular flexibility index (Phi) is 4.78. The molecule has 2 heterocycles. The molecule has 21 heavy (non-hydrogen) atoms. The van der Waals surface area contributed by atoms with Crippen LogP contribution in [0.1, 0.15) is 44.9 Å². The van der Waals surface area contributed by atoms with Crippen molar-refractivity contribution < 1.29 is 9.59 Å². The van der Waals surface area contributed by atoms with Crippen molar-refractivity contribution >= 4 is 11.8 Å². The second kappa shape index (κ2) is 6.77. The first-order chi connectivity index (χ1) is 10.3. The van der Waals surface area contributed by atoms with E-state index >= 15 is 0 Å². The van der Waals surface area contributed by atoms with E-state index in [4.69, 9.17) is 0 Å². The highest BCUT2D eigenvalue weighted by Gasteiger charge is 2.37. The predicted octanol–water partition coefficient (Wildman–Crippen LogP) is 0.990. The number of carbonyl (C=O) groups is 2. The summed E-state index contributed by atoms with van der Waals surface area (Å²) in [6.45, 7) is 4.07.